The van der Waals surface area contributed by atoms with E-state index in [4.69, 9.17) is 5.11 Å². The lowest BCUT2D eigenvalue weighted by Gasteiger charge is -2.40. The summed E-state index contributed by atoms with van der Waals surface area (Å²) in [6.07, 6.45) is 5.78. The Balaban J connectivity index is 2.11. The van der Waals surface area contributed by atoms with E-state index < -0.39 is 12.0 Å². The molecule has 1 N–H and O–H groups in total. The molecular formula is C13H21NO3. The Hall–Kier alpha value is -0.900. The second-order valence-electron chi connectivity index (χ2n) is 5.28. The number of nitrogens with zero attached hydrogens (tertiary/aromatic N) is 1. The van der Waals surface area contributed by atoms with Crippen molar-refractivity contribution in [2.45, 2.75) is 57.5 Å². The number of ketones is 1. The van der Waals surface area contributed by atoms with Crippen molar-refractivity contribution in [1.82, 2.24) is 4.90 Å². The van der Waals surface area contributed by atoms with E-state index in [1.54, 1.807) is 6.92 Å². The number of carboxylic acids is 1. The minimum Gasteiger partial charge on any atom is -0.480 e. The van der Waals surface area contributed by atoms with Crippen LogP contribution in [0.2, 0.25) is 0 Å². The highest BCUT2D eigenvalue weighted by atomic mass is 16.4. The molecule has 2 rings (SSSR count). The molecule has 1 aliphatic carbocycles. The lowest BCUT2D eigenvalue weighted by atomic mass is 9.87. The first-order chi connectivity index (χ1) is 8.11. The van der Waals surface area contributed by atoms with Gasteiger partial charge in [-0.25, -0.2) is 0 Å². The Labute approximate surface area is 102 Å². The van der Waals surface area contributed by atoms with Crippen LogP contribution in [0.4, 0.5) is 0 Å². The summed E-state index contributed by atoms with van der Waals surface area (Å²) in [5, 5.41) is 9.13. The van der Waals surface area contributed by atoms with Crippen LogP contribution in [0, 0.1) is 5.92 Å². The fourth-order valence-corrected chi connectivity index (χ4v) is 3.28. The zero-order chi connectivity index (χ0) is 12.4. The maximum Gasteiger partial charge on any atom is 0.320 e. The zero-order valence-electron chi connectivity index (χ0n) is 10.4. The van der Waals surface area contributed by atoms with Crippen LogP contribution in [0.1, 0.15) is 45.4 Å². The van der Waals surface area contributed by atoms with Gasteiger partial charge in [0.15, 0.2) is 0 Å². The minimum atomic E-state index is -0.776. The van der Waals surface area contributed by atoms with E-state index in [-0.39, 0.29) is 12.0 Å². The van der Waals surface area contributed by atoms with E-state index in [0.717, 1.165) is 38.6 Å². The summed E-state index contributed by atoms with van der Waals surface area (Å²) in [6.45, 7) is 2.56. The fraction of sp³-hybridized carbons (Fsp3) is 0.846. The SMILES string of the molecule is CC(C(=O)O)N1CCCCC1C1CCCC1=O. The quantitative estimate of drug-likeness (QED) is 0.814. The van der Waals surface area contributed by atoms with Gasteiger partial charge in [-0.2, -0.15) is 0 Å². The van der Waals surface area contributed by atoms with Crippen LogP contribution in [0.15, 0.2) is 0 Å². The lowest BCUT2D eigenvalue weighted by molar-refractivity contribution is -0.145. The molecule has 0 spiro atoms. The maximum atomic E-state index is 11.8. The molecule has 2 fully saturated rings. The molecule has 17 heavy (non-hydrogen) atoms. The predicted octanol–water partition coefficient (Wildman–Crippen LogP) is 1.68. The van der Waals surface area contributed by atoms with Crippen molar-refractivity contribution in [1.29, 1.82) is 0 Å². The number of carbonyl (C=O) groups excluding carboxylic acids is 1. The van der Waals surface area contributed by atoms with Crippen molar-refractivity contribution in [2.75, 3.05) is 6.54 Å². The Morgan fingerprint density at radius 3 is 2.71 bits per heavy atom. The van der Waals surface area contributed by atoms with Crippen LogP contribution in [0.3, 0.4) is 0 Å². The molecule has 1 saturated carbocycles. The highest BCUT2D eigenvalue weighted by molar-refractivity contribution is 5.83. The number of Topliss-reactive ketones (excluding diaryl/α,β-unsaturated/α-hetero) is 1. The molecular weight excluding hydrogens is 218 g/mol. The van der Waals surface area contributed by atoms with Crippen molar-refractivity contribution >= 4 is 11.8 Å². The molecule has 1 aliphatic heterocycles. The number of hydrogen-bond donors (Lipinski definition) is 1. The number of piperidine rings is 1. The third-order valence-electron chi connectivity index (χ3n) is 4.26. The molecule has 0 amide bonds. The van der Waals surface area contributed by atoms with Crippen molar-refractivity contribution in [3.05, 3.63) is 0 Å². The monoisotopic (exact) mass is 239 g/mol. The third-order valence-corrected chi connectivity index (χ3v) is 4.26. The van der Waals surface area contributed by atoms with E-state index in [1.807, 2.05) is 4.90 Å². The molecule has 4 heteroatoms. The third kappa shape index (κ3) is 2.51. The smallest absolute Gasteiger partial charge is 0.320 e. The summed E-state index contributed by atoms with van der Waals surface area (Å²) in [6, 6.07) is -0.293. The number of aliphatic carboxylic acids is 1. The van der Waals surface area contributed by atoms with Gasteiger partial charge in [0.25, 0.3) is 0 Å². The number of carbonyl (C=O) groups is 2. The van der Waals surface area contributed by atoms with Crippen molar-refractivity contribution < 1.29 is 14.7 Å². The normalized spacial score (nSPS) is 32.6. The maximum absolute atomic E-state index is 11.8. The predicted molar refractivity (Wildman–Crippen MR) is 63.8 cm³/mol. The van der Waals surface area contributed by atoms with Gasteiger partial charge in [0.2, 0.25) is 0 Å². The first-order valence-corrected chi connectivity index (χ1v) is 6.62. The zero-order valence-corrected chi connectivity index (χ0v) is 10.4. The van der Waals surface area contributed by atoms with Crippen molar-refractivity contribution in [3.63, 3.8) is 0 Å². The van der Waals surface area contributed by atoms with E-state index >= 15 is 0 Å². The average molecular weight is 239 g/mol. The molecule has 4 nitrogen and oxygen atoms in total. The van der Waals surface area contributed by atoms with Gasteiger partial charge in [-0.1, -0.05) is 6.42 Å². The molecule has 3 unspecified atom stereocenters. The van der Waals surface area contributed by atoms with Gasteiger partial charge in [0.1, 0.15) is 11.8 Å². The second-order valence-corrected chi connectivity index (χ2v) is 5.28. The summed E-state index contributed by atoms with van der Waals surface area (Å²) in [7, 11) is 0. The molecule has 0 aromatic rings. The lowest BCUT2D eigenvalue weighted by Crippen LogP contribution is -2.52. The molecule has 1 saturated heterocycles. The Morgan fingerprint density at radius 1 is 1.35 bits per heavy atom. The van der Waals surface area contributed by atoms with Crippen LogP contribution in [-0.2, 0) is 9.59 Å². The number of likely N-dealkylation sites (tertiary alicyclic amines) is 1. The van der Waals surface area contributed by atoms with Crippen LogP contribution >= 0.6 is 0 Å². The molecule has 0 aromatic carbocycles. The van der Waals surface area contributed by atoms with Gasteiger partial charge < -0.3 is 5.11 Å². The van der Waals surface area contributed by atoms with Crippen LogP contribution in [-0.4, -0.2) is 40.4 Å². The fourth-order valence-electron chi connectivity index (χ4n) is 3.28. The Morgan fingerprint density at radius 2 is 2.12 bits per heavy atom. The van der Waals surface area contributed by atoms with Gasteiger partial charge in [-0.15, -0.1) is 0 Å². The molecule has 3 atom stereocenters. The molecule has 0 radical (unpaired) electrons. The molecule has 0 bridgehead atoms. The van der Waals surface area contributed by atoms with E-state index in [0.29, 0.717) is 12.2 Å². The molecule has 2 aliphatic rings. The van der Waals surface area contributed by atoms with Crippen molar-refractivity contribution in [2.24, 2.45) is 5.92 Å². The number of carboxylic acid groups (broad SMARTS) is 1. The van der Waals surface area contributed by atoms with E-state index in [1.165, 1.54) is 0 Å². The standard InChI is InChI=1S/C13H21NO3/c1-9(13(16)17)14-8-3-2-6-11(14)10-5-4-7-12(10)15/h9-11H,2-8H2,1H3,(H,16,17). The summed E-state index contributed by atoms with van der Waals surface area (Å²) < 4.78 is 0. The van der Waals surface area contributed by atoms with Gasteiger partial charge >= 0.3 is 5.97 Å². The minimum absolute atomic E-state index is 0.0945. The first-order valence-electron chi connectivity index (χ1n) is 6.62. The van der Waals surface area contributed by atoms with Gasteiger partial charge in [0, 0.05) is 18.4 Å². The van der Waals surface area contributed by atoms with Crippen LogP contribution in [0.5, 0.6) is 0 Å². The summed E-state index contributed by atoms with van der Waals surface area (Å²) in [4.78, 5) is 25.0. The second kappa shape index (κ2) is 5.17. The highest BCUT2D eigenvalue weighted by Crippen LogP contribution is 2.33. The summed E-state index contributed by atoms with van der Waals surface area (Å²) in [5.41, 5.74) is 0. The first kappa shape index (κ1) is 12.6. The van der Waals surface area contributed by atoms with Crippen LogP contribution < -0.4 is 0 Å². The van der Waals surface area contributed by atoms with Crippen LogP contribution in [0.25, 0.3) is 0 Å². The molecule has 96 valence electrons. The largest absolute Gasteiger partial charge is 0.480 e. The number of rotatable bonds is 3. The summed E-state index contributed by atoms with van der Waals surface area (Å²) >= 11 is 0. The Kier molecular flexibility index (Phi) is 3.82. The van der Waals surface area contributed by atoms with Gasteiger partial charge in [-0.3, -0.25) is 14.5 Å². The molecule has 0 aromatic heterocycles. The van der Waals surface area contributed by atoms with Crippen molar-refractivity contribution in [3.8, 4) is 0 Å². The highest BCUT2D eigenvalue weighted by Gasteiger charge is 2.39. The van der Waals surface area contributed by atoms with E-state index in [2.05, 4.69) is 0 Å². The topological polar surface area (TPSA) is 57.6 Å². The Bertz CT molecular complexity index is 316. The van der Waals surface area contributed by atoms with Gasteiger partial charge in [0.05, 0.1) is 0 Å². The molecule has 1 heterocycles. The van der Waals surface area contributed by atoms with Gasteiger partial charge in [-0.05, 0) is 39.2 Å². The average Bonchev–Trinajstić information content (AvgIpc) is 2.74. The summed E-state index contributed by atoms with van der Waals surface area (Å²) in [5.74, 6) is -0.334. The van der Waals surface area contributed by atoms with E-state index in [9.17, 15) is 9.59 Å². The number of hydrogen-bond acceptors (Lipinski definition) is 3.